The summed E-state index contributed by atoms with van der Waals surface area (Å²) >= 11 is 0. The minimum atomic E-state index is -0.0999. The van der Waals surface area contributed by atoms with Crippen molar-refractivity contribution >= 4 is 5.69 Å². The molecule has 0 aromatic heterocycles. The van der Waals surface area contributed by atoms with E-state index < -0.39 is 0 Å². The van der Waals surface area contributed by atoms with Gasteiger partial charge in [-0.1, -0.05) is 13.3 Å². The number of benzene rings is 1. The highest BCUT2D eigenvalue weighted by molar-refractivity contribution is 5.58. The lowest BCUT2D eigenvalue weighted by Gasteiger charge is -2.29. The van der Waals surface area contributed by atoms with E-state index >= 15 is 0 Å². The van der Waals surface area contributed by atoms with E-state index in [1.807, 2.05) is 20.0 Å². The molecular formula is C17H27FN2. The number of hydrogen-bond acceptors (Lipinski definition) is 2. The van der Waals surface area contributed by atoms with Gasteiger partial charge in [0.25, 0.3) is 0 Å². The van der Waals surface area contributed by atoms with Crippen LogP contribution in [-0.2, 0) is 0 Å². The summed E-state index contributed by atoms with van der Waals surface area (Å²) < 4.78 is 13.9. The molecule has 0 bridgehead atoms. The standard InChI is InChI=1S/C17H27FN2/c1-5-6-9-20(14-7-8-14)17-10-12(2)16(18)11-15(17)13(3)19-4/h10-11,13-14,19H,5-9H2,1-4H3. The maximum Gasteiger partial charge on any atom is 0.126 e. The molecule has 3 heteroatoms. The maximum absolute atomic E-state index is 13.9. The maximum atomic E-state index is 13.9. The van der Waals surface area contributed by atoms with E-state index in [-0.39, 0.29) is 11.9 Å². The van der Waals surface area contributed by atoms with Crippen LogP contribution in [0.25, 0.3) is 0 Å². The van der Waals surface area contributed by atoms with Crippen molar-refractivity contribution in [2.75, 3.05) is 18.5 Å². The number of hydrogen-bond donors (Lipinski definition) is 1. The third-order valence-electron chi connectivity index (χ3n) is 4.26. The third-order valence-corrected chi connectivity index (χ3v) is 4.26. The van der Waals surface area contributed by atoms with Gasteiger partial charge in [0.15, 0.2) is 0 Å². The summed E-state index contributed by atoms with van der Waals surface area (Å²) in [5, 5.41) is 3.25. The lowest BCUT2D eigenvalue weighted by molar-refractivity contribution is 0.597. The quantitative estimate of drug-likeness (QED) is 0.804. The molecule has 1 saturated carbocycles. The molecule has 0 heterocycles. The summed E-state index contributed by atoms with van der Waals surface area (Å²) in [4.78, 5) is 2.50. The van der Waals surface area contributed by atoms with Crippen LogP contribution >= 0.6 is 0 Å². The highest BCUT2D eigenvalue weighted by Crippen LogP contribution is 2.37. The van der Waals surface area contributed by atoms with E-state index in [0.29, 0.717) is 6.04 Å². The monoisotopic (exact) mass is 278 g/mol. The Bertz CT molecular complexity index is 455. The highest BCUT2D eigenvalue weighted by Gasteiger charge is 2.31. The second-order valence-corrected chi connectivity index (χ2v) is 5.95. The third kappa shape index (κ3) is 3.32. The lowest BCUT2D eigenvalue weighted by atomic mass is 10.0. The smallest absolute Gasteiger partial charge is 0.126 e. The second kappa shape index (κ2) is 6.57. The molecule has 0 saturated heterocycles. The van der Waals surface area contributed by atoms with E-state index in [2.05, 4.69) is 24.1 Å². The molecule has 1 unspecified atom stereocenters. The van der Waals surface area contributed by atoms with E-state index in [1.165, 1.54) is 31.4 Å². The van der Waals surface area contributed by atoms with Crippen LogP contribution in [0, 0.1) is 12.7 Å². The van der Waals surface area contributed by atoms with Crippen LogP contribution in [-0.4, -0.2) is 19.6 Å². The molecule has 0 spiro atoms. The summed E-state index contributed by atoms with van der Waals surface area (Å²) in [5.74, 6) is -0.0999. The van der Waals surface area contributed by atoms with Crippen molar-refractivity contribution in [3.8, 4) is 0 Å². The van der Waals surface area contributed by atoms with E-state index in [1.54, 1.807) is 6.07 Å². The molecular weight excluding hydrogens is 251 g/mol. The van der Waals surface area contributed by atoms with Gasteiger partial charge in [-0.2, -0.15) is 0 Å². The van der Waals surface area contributed by atoms with Crippen LogP contribution in [0.3, 0.4) is 0 Å². The molecule has 20 heavy (non-hydrogen) atoms. The fourth-order valence-electron chi connectivity index (χ4n) is 2.65. The molecule has 112 valence electrons. The van der Waals surface area contributed by atoms with Gasteiger partial charge in [-0.3, -0.25) is 0 Å². The predicted molar refractivity (Wildman–Crippen MR) is 83.9 cm³/mol. The number of rotatable bonds is 7. The average molecular weight is 278 g/mol. The topological polar surface area (TPSA) is 15.3 Å². The molecule has 0 amide bonds. The van der Waals surface area contributed by atoms with Crippen molar-refractivity contribution in [3.63, 3.8) is 0 Å². The Hall–Kier alpha value is -1.09. The number of anilines is 1. The van der Waals surface area contributed by atoms with Gasteiger partial charge in [0.05, 0.1) is 0 Å². The Balaban J connectivity index is 2.37. The first-order valence-electron chi connectivity index (χ1n) is 7.82. The van der Waals surface area contributed by atoms with Gasteiger partial charge in [0.1, 0.15) is 5.82 Å². The van der Waals surface area contributed by atoms with Crippen molar-refractivity contribution in [2.24, 2.45) is 0 Å². The SMILES string of the molecule is CCCCN(c1cc(C)c(F)cc1C(C)NC)C1CC1. The van der Waals surface area contributed by atoms with Gasteiger partial charge >= 0.3 is 0 Å². The van der Waals surface area contributed by atoms with Crippen molar-refractivity contribution < 1.29 is 4.39 Å². The number of nitrogens with zero attached hydrogens (tertiary/aromatic N) is 1. The molecule has 1 fully saturated rings. The first-order chi connectivity index (χ1) is 9.58. The summed E-state index contributed by atoms with van der Waals surface area (Å²) in [6, 6.07) is 4.58. The minimum absolute atomic E-state index is 0.0999. The fourth-order valence-corrected chi connectivity index (χ4v) is 2.65. The van der Waals surface area contributed by atoms with Crippen molar-refractivity contribution in [2.45, 2.75) is 58.5 Å². The number of unbranched alkanes of at least 4 members (excludes halogenated alkanes) is 1. The van der Waals surface area contributed by atoms with Gasteiger partial charge in [-0.25, -0.2) is 4.39 Å². The number of nitrogens with one attached hydrogen (secondary N) is 1. The molecule has 1 aliphatic carbocycles. The summed E-state index contributed by atoms with van der Waals surface area (Å²) in [6.07, 6.45) is 4.93. The van der Waals surface area contributed by atoms with Gasteiger partial charge in [0.2, 0.25) is 0 Å². The summed E-state index contributed by atoms with van der Waals surface area (Å²) in [7, 11) is 1.93. The fraction of sp³-hybridized carbons (Fsp3) is 0.647. The molecule has 2 rings (SSSR count). The van der Waals surface area contributed by atoms with Crippen LogP contribution in [0.2, 0.25) is 0 Å². The zero-order valence-corrected chi connectivity index (χ0v) is 13.2. The molecule has 1 aromatic rings. The van der Waals surface area contributed by atoms with Crippen LogP contribution in [0.4, 0.5) is 10.1 Å². The van der Waals surface area contributed by atoms with Crippen LogP contribution in [0.1, 0.15) is 56.7 Å². The Morgan fingerprint density at radius 3 is 2.65 bits per heavy atom. The van der Waals surface area contributed by atoms with Crippen molar-refractivity contribution in [1.82, 2.24) is 5.32 Å². The summed E-state index contributed by atoms with van der Waals surface area (Å²) in [5.41, 5.74) is 3.05. The second-order valence-electron chi connectivity index (χ2n) is 5.95. The Morgan fingerprint density at radius 1 is 1.40 bits per heavy atom. The van der Waals surface area contributed by atoms with Crippen molar-refractivity contribution in [1.29, 1.82) is 0 Å². The predicted octanol–water partition coefficient (Wildman–Crippen LogP) is 4.18. The Kier molecular flexibility index (Phi) is 5.03. The van der Waals surface area contributed by atoms with E-state index in [0.717, 1.165) is 17.7 Å². The first-order valence-corrected chi connectivity index (χ1v) is 7.82. The van der Waals surface area contributed by atoms with E-state index in [9.17, 15) is 4.39 Å². The van der Waals surface area contributed by atoms with Crippen molar-refractivity contribution in [3.05, 3.63) is 29.1 Å². The molecule has 2 nitrogen and oxygen atoms in total. The zero-order valence-electron chi connectivity index (χ0n) is 13.2. The largest absolute Gasteiger partial charge is 0.368 e. The number of halogens is 1. The zero-order chi connectivity index (χ0) is 14.7. The minimum Gasteiger partial charge on any atom is -0.368 e. The van der Waals surface area contributed by atoms with Gasteiger partial charge < -0.3 is 10.2 Å². The highest BCUT2D eigenvalue weighted by atomic mass is 19.1. The van der Waals surface area contributed by atoms with Gasteiger partial charge in [-0.15, -0.1) is 0 Å². The van der Waals surface area contributed by atoms with Crippen LogP contribution in [0.5, 0.6) is 0 Å². The number of aryl methyl sites for hydroxylation is 1. The Morgan fingerprint density at radius 2 is 2.10 bits per heavy atom. The molecule has 1 N–H and O–H groups in total. The molecule has 0 aliphatic heterocycles. The molecule has 1 aromatic carbocycles. The van der Waals surface area contributed by atoms with E-state index in [4.69, 9.17) is 0 Å². The van der Waals surface area contributed by atoms with Crippen LogP contribution < -0.4 is 10.2 Å². The van der Waals surface area contributed by atoms with Gasteiger partial charge in [0, 0.05) is 24.3 Å². The average Bonchev–Trinajstić information content (AvgIpc) is 3.26. The van der Waals surface area contributed by atoms with Crippen LogP contribution in [0.15, 0.2) is 12.1 Å². The molecule has 1 aliphatic rings. The Labute approximate surface area is 122 Å². The molecule has 1 atom stereocenters. The molecule has 0 radical (unpaired) electrons. The normalized spacial score (nSPS) is 16.2. The lowest BCUT2D eigenvalue weighted by Crippen LogP contribution is -2.29. The first kappa shape index (κ1) is 15.3. The summed E-state index contributed by atoms with van der Waals surface area (Å²) in [6.45, 7) is 7.25. The van der Waals surface area contributed by atoms with Gasteiger partial charge in [-0.05, 0) is 63.4 Å².